The molecule has 1 aliphatic rings. The molecule has 0 aliphatic carbocycles. The van der Waals surface area contributed by atoms with Gasteiger partial charge in [-0.2, -0.15) is 0 Å². The molecule has 1 aliphatic heterocycles. The van der Waals surface area contributed by atoms with Crippen LogP contribution in [-0.4, -0.2) is 33.4 Å². The number of nitro benzene ring substituents is 1. The zero-order valence-corrected chi connectivity index (χ0v) is 13.3. The predicted octanol–water partition coefficient (Wildman–Crippen LogP) is 2.30. The lowest BCUT2D eigenvalue weighted by molar-refractivity contribution is -0.384. The monoisotopic (exact) mass is 333 g/mol. The van der Waals surface area contributed by atoms with Gasteiger partial charge in [0, 0.05) is 25.2 Å². The molecule has 24 heavy (non-hydrogen) atoms. The van der Waals surface area contributed by atoms with Gasteiger partial charge >= 0.3 is 5.76 Å². The number of rotatable bonds is 3. The Morgan fingerprint density at radius 3 is 2.50 bits per heavy atom. The molecule has 0 atom stereocenters. The number of fused-ring (bicyclic) bond motifs is 1. The Labute approximate surface area is 137 Å². The quantitative estimate of drug-likeness (QED) is 0.634. The van der Waals surface area contributed by atoms with E-state index in [1.165, 1.54) is 29.2 Å². The number of hydrogen-bond acceptors (Lipinski definition) is 5. The fourth-order valence-electron chi connectivity index (χ4n) is 3.05. The maximum Gasteiger partial charge on any atom is 0.420 e. The van der Waals surface area contributed by atoms with Crippen LogP contribution in [0.1, 0.15) is 32.1 Å². The van der Waals surface area contributed by atoms with Gasteiger partial charge in [0.05, 0.1) is 10.4 Å². The van der Waals surface area contributed by atoms with E-state index in [9.17, 15) is 19.7 Å². The number of nitrogens with zero attached hydrogens (tertiary/aromatic N) is 3. The van der Waals surface area contributed by atoms with Crippen LogP contribution in [0.15, 0.2) is 27.4 Å². The van der Waals surface area contributed by atoms with Crippen molar-refractivity contribution in [2.75, 3.05) is 13.1 Å². The summed E-state index contributed by atoms with van der Waals surface area (Å²) in [4.78, 5) is 36.7. The molecule has 0 N–H and O–H groups in total. The highest BCUT2D eigenvalue weighted by molar-refractivity contribution is 5.80. The second-order valence-electron chi connectivity index (χ2n) is 6.01. The van der Waals surface area contributed by atoms with Gasteiger partial charge in [0.15, 0.2) is 5.58 Å². The van der Waals surface area contributed by atoms with Crippen molar-refractivity contribution in [1.82, 2.24) is 9.47 Å². The van der Waals surface area contributed by atoms with Gasteiger partial charge in [-0.25, -0.2) is 4.79 Å². The summed E-state index contributed by atoms with van der Waals surface area (Å²) in [5, 5.41) is 10.9. The SMILES string of the molecule is O=C(Cn1c(=O)oc2ccc([N+](=O)[O-])cc21)N1CCCCCCC1. The molecule has 1 aromatic heterocycles. The zero-order chi connectivity index (χ0) is 17.1. The first-order valence-electron chi connectivity index (χ1n) is 8.12. The summed E-state index contributed by atoms with van der Waals surface area (Å²) >= 11 is 0. The highest BCUT2D eigenvalue weighted by Crippen LogP contribution is 2.20. The van der Waals surface area contributed by atoms with E-state index in [4.69, 9.17) is 4.42 Å². The van der Waals surface area contributed by atoms with Crippen LogP contribution >= 0.6 is 0 Å². The number of aromatic nitrogens is 1. The second kappa shape index (κ2) is 6.86. The average molecular weight is 333 g/mol. The summed E-state index contributed by atoms with van der Waals surface area (Å²) < 4.78 is 6.25. The number of carbonyl (C=O) groups excluding carboxylic acids is 1. The van der Waals surface area contributed by atoms with Gasteiger partial charge in [-0.05, 0) is 18.9 Å². The van der Waals surface area contributed by atoms with Crippen LogP contribution in [0.25, 0.3) is 11.1 Å². The van der Waals surface area contributed by atoms with Gasteiger partial charge in [0.1, 0.15) is 6.54 Å². The van der Waals surface area contributed by atoms with Crippen LogP contribution < -0.4 is 5.76 Å². The van der Waals surface area contributed by atoms with Gasteiger partial charge in [0.2, 0.25) is 5.91 Å². The molecule has 2 aromatic rings. The molecule has 8 heteroatoms. The molecule has 0 radical (unpaired) electrons. The molecule has 0 bridgehead atoms. The number of likely N-dealkylation sites (tertiary alicyclic amines) is 1. The van der Waals surface area contributed by atoms with Crippen molar-refractivity contribution in [2.24, 2.45) is 0 Å². The van der Waals surface area contributed by atoms with Crippen molar-refractivity contribution in [3.8, 4) is 0 Å². The van der Waals surface area contributed by atoms with Crippen molar-refractivity contribution in [2.45, 2.75) is 38.6 Å². The highest BCUT2D eigenvalue weighted by Gasteiger charge is 2.20. The van der Waals surface area contributed by atoms with Crippen LogP contribution in [0.4, 0.5) is 5.69 Å². The topological polar surface area (TPSA) is 98.6 Å². The van der Waals surface area contributed by atoms with E-state index in [2.05, 4.69) is 0 Å². The lowest BCUT2D eigenvalue weighted by atomic mass is 10.1. The fourth-order valence-corrected chi connectivity index (χ4v) is 3.05. The van der Waals surface area contributed by atoms with E-state index in [0.29, 0.717) is 13.1 Å². The lowest BCUT2D eigenvalue weighted by Crippen LogP contribution is -2.37. The van der Waals surface area contributed by atoms with E-state index in [-0.39, 0.29) is 29.2 Å². The molecule has 1 aromatic carbocycles. The summed E-state index contributed by atoms with van der Waals surface area (Å²) in [7, 11) is 0. The summed E-state index contributed by atoms with van der Waals surface area (Å²) in [6.07, 6.45) is 5.31. The predicted molar refractivity (Wildman–Crippen MR) is 86.8 cm³/mol. The van der Waals surface area contributed by atoms with Gasteiger partial charge < -0.3 is 9.32 Å². The van der Waals surface area contributed by atoms with E-state index in [0.717, 1.165) is 25.7 Å². The molecule has 0 spiro atoms. The number of oxazole rings is 1. The molecule has 1 amide bonds. The normalized spacial score (nSPS) is 15.9. The summed E-state index contributed by atoms with van der Waals surface area (Å²) in [5.41, 5.74) is 0.372. The Bertz CT molecular complexity index is 815. The molecule has 3 rings (SSSR count). The largest absolute Gasteiger partial charge is 0.420 e. The first kappa shape index (κ1) is 16.2. The summed E-state index contributed by atoms with van der Waals surface area (Å²) in [6.45, 7) is 1.21. The van der Waals surface area contributed by atoms with E-state index in [1.54, 1.807) is 4.90 Å². The van der Waals surface area contributed by atoms with Crippen LogP contribution in [0.5, 0.6) is 0 Å². The van der Waals surface area contributed by atoms with E-state index >= 15 is 0 Å². The third-order valence-corrected chi connectivity index (χ3v) is 4.36. The number of amides is 1. The van der Waals surface area contributed by atoms with Crippen LogP contribution in [-0.2, 0) is 11.3 Å². The lowest BCUT2D eigenvalue weighted by Gasteiger charge is -2.24. The molecule has 2 heterocycles. The Morgan fingerprint density at radius 2 is 1.83 bits per heavy atom. The number of non-ortho nitro benzene ring substituents is 1. The minimum absolute atomic E-state index is 0.143. The van der Waals surface area contributed by atoms with Crippen molar-refractivity contribution in [3.05, 3.63) is 38.9 Å². The van der Waals surface area contributed by atoms with E-state index < -0.39 is 10.7 Å². The van der Waals surface area contributed by atoms with Crippen LogP contribution in [0, 0.1) is 10.1 Å². The van der Waals surface area contributed by atoms with Crippen molar-refractivity contribution in [3.63, 3.8) is 0 Å². The first-order chi connectivity index (χ1) is 11.6. The molecule has 128 valence electrons. The number of carbonyl (C=O) groups is 1. The Morgan fingerprint density at radius 1 is 1.17 bits per heavy atom. The molecule has 1 saturated heterocycles. The maximum atomic E-state index is 12.5. The number of benzene rings is 1. The standard InChI is InChI=1S/C16H19N3O5/c20-15(17-8-4-2-1-3-5-9-17)11-18-13-10-12(19(22)23)6-7-14(13)24-16(18)21/h6-7,10H,1-5,8-9,11H2. The zero-order valence-electron chi connectivity index (χ0n) is 13.3. The molecule has 0 saturated carbocycles. The third kappa shape index (κ3) is 3.32. The van der Waals surface area contributed by atoms with Crippen molar-refractivity contribution >= 4 is 22.7 Å². The van der Waals surface area contributed by atoms with Crippen LogP contribution in [0.2, 0.25) is 0 Å². The molecule has 0 unspecified atom stereocenters. The van der Waals surface area contributed by atoms with Crippen molar-refractivity contribution in [1.29, 1.82) is 0 Å². The Balaban J connectivity index is 1.86. The Kier molecular flexibility index (Phi) is 4.64. The molecular formula is C16H19N3O5. The third-order valence-electron chi connectivity index (χ3n) is 4.36. The Hall–Kier alpha value is -2.64. The van der Waals surface area contributed by atoms with Gasteiger partial charge in [-0.15, -0.1) is 0 Å². The second-order valence-corrected chi connectivity index (χ2v) is 6.01. The minimum atomic E-state index is -0.675. The summed E-state index contributed by atoms with van der Waals surface area (Å²) in [6, 6.07) is 3.92. The van der Waals surface area contributed by atoms with Crippen molar-refractivity contribution < 1.29 is 14.1 Å². The van der Waals surface area contributed by atoms with Gasteiger partial charge in [0.25, 0.3) is 5.69 Å². The average Bonchev–Trinajstić information content (AvgIpc) is 2.82. The fraction of sp³-hybridized carbons (Fsp3) is 0.500. The number of hydrogen-bond donors (Lipinski definition) is 0. The molecular weight excluding hydrogens is 314 g/mol. The minimum Gasteiger partial charge on any atom is -0.408 e. The van der Waals surface area contributed by atoms with E-state index in [1.807, 2.05) is 0 Å². The smallest absolute Gasteiger partial charge is 0.408 e. The summed E-state index contributed by atoms with van der Waals surface area (Å²) in [5.74, 6) is -0.834. The maximum absolute atomic E-state index is 12.5. The van der Waals surface area contributed by atoms with Crippen LogP contribution in [0.3, 0.4) is 0 Å². The molecule has 8 nitrogen and oxygen atoms in total. The molecule has 1 fully saturated rings. The van der Waals surface area contributed by atoms with Gasteiger partial charge in [-0.1, -0.05) is 19.3 Å². The highest BCUT2D eigenvalue weighted by atomic mass is 16.6. The van der Waals surface area contributed by atoms with Gasteiger partial charge in [-0.3, -0.25) is 19.5 Å². The first-order valence-corrected chi connectivity index (χ1v) is 8.12. The number of nitro groups is 1.